The van der Waals surface area contributed by atoms with E-state index in [1.807, 2.05) is 13.8 Å². The molecule has 0 spiro atoms. The number of hydrogen-bond donors (Lipinski definition) is 5. The summed E-state index contributed by atoms with van der Waals surface area (Å²) in [5.74, 6) is 0.206. The summed E-state index contributed by atoms with van der Waals surface area (Å²) >= 11 is 0. The minimum absolute atomic E-state index is 0. The number of nitrogens with two attached hydrogens (primary N) is 2. The third-order valence-corrected chi connectivity index (χ3v) is 7.82. The van der Waals surface area contributed by atoms with E-state index in [-0.39, 0.29) is 43.1 Å². The van der Waals surface area contributed by atoms with Crippen LogP contribution in [0.5, 0.6) is 23.3 Å². The molecule has 0 saturated heterocycles. The van der Waals surface area contributed by atoms with E-state index >= 15 is 0 Å². The molecule has 0 radical (unpaired) electrons. The summed E-state index contributed by atoms with van der Waals surface area (Å²) in [6, 6.07) is 13.6. The minimum Gasteiger partial charge on any atom is -0.870 e. The van der Waals surface area contributed by atoms with Crippen molar-refractivity contribution in [3.8, 4) is 23.3 Å². The molecule has 0 fully saturated rings. The molecule has 0 bridgehead atoms. The van der Waals surface area contributed by atoms with Crippen LogP contribution in [0, 0.1) is 13.8 Å². The molecule has 4 aromatic rings. The van der Waals surface area contributed by atoms with E-state index in [1.165, 1.54) is 0 Å². The van der Waals surface area contributed by atoms with Gasteiger partial charge in [-0.2, -0.15) is 10.2 Å². The molecule has 0 aliphatic carbocycles. The number of rotatable bonds is 11. The maximum atomic E-state index is 11.8. The molecule has 268 valence electrons. The number of aliphatic carboxylic acids is 1. The number of aromatic nitrogens is 4. The van der Waals surface area contributed by atoms with Crippen LogP contribution in [0.4, 0.5) is 0 Å². The molecule has 4 heterocycles. The molecule has 2 aromatic carbocycles. The average molecular weight is 710 g/mol. The first-order valence-electron chi connectivity index (χ1n) is 15.7. The largest absolute Gasteiger partial charge is 1.00 e. The Morgan fingerprint density at radius 3 is 1.58 bits per heavy atom. The summed E-state index contributed by atoms with van der Waals surface area (Å²) < 4.78 is 27.2. The number of carbonyl (C=O) groups excluding carboxylic acids is 1. The van der Waals surface area contributed by atoms with Crippen LogP contribution >= 0.6 is 0 Å². The molecule has 2 aromatic heterocycles. The number of fused-ring (bicyclic) bond motifs is 2. The van der Waals surface area contributed by atoms with Crippen LogP contribution in [-0.2, 0) is 36.7 Å². The van der Waals surface area contributed by atoms with E-state index in [4.69, 9.17) is 40.1 Å². The number of esters is 1. The van der Waals surface area contributed by atoms with E-state index < -0.39 is 32.4 Å². The van der Waals surface area contributed by atoms with E-state index in [2.05, 4.69) is 20.4 Å². The second-order valence-electron chi connectivity index (χ2n) is 11.4. The van der Waals surface area contributed by atoms with Gasteiger partial charge >= 0.3 is 45.0 Å². The van der Waals surface area contributed by atoms with Crippen molar-refractivity contribution in [3.05, 3.63) is 82.2 Å². The van der Waals surface area contributed by atoms with Crippen molar-refractivity contribution in [2.45, 2.75) is 58.9 Å². The smallest absolute Gasteiger partial charge is 0.870 e. The first kappa shape index (κ1) is 42.0. The molecule has 0 amide bonds. The maximum Gasteiger partial charge on any atom is 1.00 e. The Labute approximate surface area is 311 Å². The Morgan fingerprint density at radius 2 is 1.21 bits per heavy atom. The van der Waals surface area contributed by atoms with Crippen molar-refractivity contribution in [3.63, 3.8) is 0 Å². The number of hydrogen-bond acceptors (Lipinski definition) is 16. The Morgan fingerprint density at radius 1 is 0.769 bits per heavy atom. The zero-order valence-corrected chi connectivity index (χ0v) is 29.1. The fourth-order valence-electron chi connectivity index (χ4n) is 5.68. The summed E-state index contributed by atoms with van der Waals surface area (Å²) in [4.78, 5) is 22.7. The number of nitrogens with zero attached hydrogens (tertiary/aromatic N) is 4. The van der Waals surface area contributed by atoms with Crippen molar-refractivity contribution in [2.24, 2.45) is 11.5 Å². The van der Waals surface area contributed by atoms with Gasteiger partial charge in [0.15, 0.2) is 0 Å². The summed E-state index contributed by atoms with van der Waals surface area (Å²) in [5, 5.41) is 44.9. The topological polar surface area (TPSA) is 275 Å². The number of benzene rings is 2. The summed E-state index contributed by atoms with van der Waals surface area (Å²) in [5.41, 5.74) is 16.4. The number of carboxylic acids is 1. The Bertz CT molecular complexity index is 1840. The van der Waals surface area contributed by atoms with E-state index in [0.717, 1.165) is 16.7 Å². The molecular formula is C32H37B2LiN6O11. The van der Waals surface area contributed by atoms with Gasteiger partial charge in [-0.25, -0.2) is 0 Å². The predicted molar refractivity (Wildman–Crippen MR) is 181 cm³/mol. The van der Waals surface area contributed by atoms with Gasteiger partial charge in [0.1, 0.15) is 11.5 Å². The van der Waals surface area contributed by atoms with E-state index in [0.29, 0.717) is 70.8 Å². The van der Waals surface area contributed by atoms with Gasteiger partial charge in [0.05, 0.1) is 43.0 Å². The van der Waals surface area contributed by atoms with Crippen LogP contribution in [0.2, 0.25) is 0 Å². The zero-order valence-electron chi connectivity index (χ0n) is 29.1. The second kappa shape index (κ2) is 18.9. The second-order valence-corrected chi connectivity index (χ2v) is 11.4. The van der Waals surface area contributed by atoms with Crippen LogP contribution in [0.3, 0.4) is 0 Å². The first-order valence-corrected chi connectivity index (χ1v) is 15.7. The number of aryl methyl sites for hydroxylation is 2. The Kier molecular flexibility index (Phi) is 15.3. The normalized spacial score (nSPS) is 15.3. The fraction of sp³-hybridized carbons (Fsp3) is 0.312. The molecule has 52 heavy (non-hydrogen) atoms. The molecule has 2 atom stereocenters. The van der Waals surface area contributed by atoms with E-state index in [1.54, 1.807) is 55.5 Å². The number of ether oxygens (including phenoxy) is 3. The van der Waals surface area contributed by atoms with Gasteiger partial charge in [-0.15, -0.1) is 10.2 Å². The molecule has 6 rings (SSSR count). The van der Waals surface area contributed by atoms with Gasteiger partial charge in [0.25, 0.3) is 0 Å². The standard InChI is InChI=1S/C17H20BN3O5.C15H16BN3O5.Li.H2O/c1-3-24-16(22)8-14-17-10(2)6-12(7-13(17)18(23)26-14)25-15-5-4-11(9-19)20-21-15;1-8-4-10(23-13-3-2-9(7-17)18-19-13)5-11-15(8)12(6-14(20)21)24-16(11)22;;/h4-7,14,23H,3,8-9,19H2,1-2H3;2-5,12,22H,6-7,17H2,1H3,(H,20,21);;1H2/q;;+1;/p-1. The van der Waals surface area contributed by atoms with Crippen LogP contribution in [0.25, 0.3) is 0 Å². The van der Waals surface area contributed by atoms with Crippen molar-refractivity contribution < 1.29 is 72.6 Å². The van der Waals surface area contributed by atoms with Crippen molar-refractivity contribution in [2.75, 3.05) is 6.61 Å². The van der Waals surface area contributed by atoms with Crippen LogP contribution < -0.4 is 50.7 Å². The third-order valence-electron chi connectivity index (χ3n) is 7.82. The molecule has 20 heteroatoms. The average Bonchev–Trinajstić information content (AvgIpc) is 3.56. The van der Waals surface area contributed by atoms with Crippen molar-refractivity contribution in [1.29, 1.82) is 0 Å². The van der Waals surface area contributed by atoms with Gasteiger partial charge in [-0.05, 0) is 90.3 Å². The third kappa shape index (κ3) is 10.1. The van der Waals surface area contributed by atoms with Crippen molar-refractivity contribution >= 4 is 37.1 Å². The molecule has 8 N–H and O–H groups in total. The summed E-state index contributed by atoms with van der Waals surface area (Å²) in [6.45, 7) is 6.32. The van der Waals surface area contributed by atoms with E-state index in [9.17, 15) is 19.6 Å². The van der Waals surface area contributed by atoms with Crippen LogP contribution in [-0.4, -0.2) is 73.8 Å². The molecule has 2 unspecified atom stereocenters. The molecule has 0 saturated carbocycles. The van der Waals surface area contributed by atoms with Gasteiger partial charge in [0.2, 0.25) is 11.8 Å². The fourth-order valence-corrected chi connectivity index (χ4v) is 5.68. The van der Waals surface area contributed by atoms with Gasteiger partial charge in [-0.3, -0.25) is 9.59 Å². The molecular weight excluding hydrogens is 673 g/mol. The molecule has 2 aliphatic rings. The SMILES string of the molecule is CCOC(=O)CC1OB(O)c2cc(Oc3ccc(CN)nn3)cc(C)c21.Cc1cc(Oc2ccc(CN)nn2)cc2c1C(CC(=O)O)OB2O.[Li+].[OH-]. The summed E-state index contributed by atoms with van der Waals surface area (Å²) in [7, 11) is -2.31. The Balaban J connectivity index is 0.000000271. The molecule has 17 nitrogen and oxygen atoms in total. The van der Waals surface area contributed by atoms with Gasteiger partial charge in [-0.1, -0.05) is 0 Å². The van der Waals surface area contributed by atoms with Crippen molar-refractivity contribution in [1.82, 2.24) is 20.4 Å². The van der Waals surface area contributed by atoms with Crippen LogP contribution in [0.15, 0.2) is 48.5 Å². The van der Waals surface area contributed by atoms with Crippen LogP contribution in [0.1, 0.15) is 65.6 Å². The number of carbonyl (C=O) groups is 2. The van der Waals surface area contributed by atoms with Gasteiger partial charge in [0, 0.05) is 25.2 Å². The quantitative estimate of drug-likeness (QED) is 0.0819. The first-order chi connectivity index (χ1) is 24.0. The molecule has 2 aliphatic heterocycles. The zero-order chi connectivity index (χ0) is 35.9. The van der Waals surface area contributed by atoms with Gasteiger partial charge < -0.3 is 55.6 Å². The maximum absolute atomic E-state index is 11.8. The predicted octanol–water partition coefficient (Wildman–Crippen LogP) is -2.16. The number of carboxylic acid groups (broad SMARTS) is 1. The summed E-state index contributed by atoms with van der Waals surface area (Å²) in [6.07, 6.45) is -1.39. The monoisotopic (exact) mass is 710 g/mol. The Hall–Kier alpha value is -4.41. The minimum atomic E-state index is -1.18.